The molecule has 2 fully saturated rings. The molecule has 1 aliphatic heterocycles. The second-order valence-electron chi connectivity index (χ2n) is 7.22. The minimum atomic E-state index is 0.343. The fraction of sp³-hybridized carbons (Fsp3) is 0.579. The number of likely N-dealkylation sites (tertiary alicyclic amines) is 1. The Hall–Kier alpha value is -1.72. The highest BCUT2D eigenvalue weighted by atomic mass is 16.5. The highest BCUT2D eigenvalue weighted by molar-refractivity contribution is 5.14. The van der Waals surface area contributed by atoms with E-state index in [4.69, 9.17) is 4.74 Å². The van der Waals surface area contributed by atoms with Crippen LogP contribution < -0.4 is 0 Å². The van der Waals surface area contributed by atoms with Gasteiger partial charge in [-0.2, -0.15) is 5.10 Å². The zero-order chi connectivity index (χ0) is 16.4. The molecule has 5 heteroatoms. The number of nitrogens with zero attached hydrogens (tertiary/aromatic N) is 4. The van der Waals surface area contributed by atoms with E-state index in [2.05, 4.69) is 33.3 Å². The van der Waals surface area contributed by atoms with Crippen LogP contribution in [0.4, 0.5) is 0 Å². The van der Waals surface area contributed by atoms with Crippen LogP contribution in [0.5, 0.6) is 0 Å². The molecular weight excluding hydrogens is 300 g/mol. The van der Waals surface area contributed by atoms with Gasteiger partial charge in [-0.3, -0.25) is 14.6 Å². The first kappa shape index (κ1) is 15.8. The van der Waals surface area contributed by atoms with Gasteiger partial charge >= 0.3 is 0 Å². The average Bonchev–Trinajstić information content (AvgIpc) is 3.23. The number of aryl methyl sites for hydroxylation is 1. The Kier molecular flexibility index (Phi) is 4.63. The third-order valence-corrected chi connectivity index (χ3v) is 5.18. The molecule has 2 aromatic heterocycles. The molecule has 4 rings (SSSR count). The van der Waals surface area contributed by atoms with Crippen molar-refractivity contribution in [2.24, 2.45) is 13.0 Å². The molecule has 1 saturated carbocycles. The number of hydrogen-bond acceptors (Lipinski definition) is 4. The quantitative estimate of drug-likeness (QED) is 0.784. The van der Waals surface area contributed by atoms with Crippen LogP contribution in [0.3, 0.4) is 0 Å². The molecule has 2 aliphatic rings. The zero-order valence-electron chi connectivity index (χ0n) is 14.3. The third kappa shape index (κ3) is 3.84. The summed E-state index contributed by atoms with van der Waals surface area (Å²) in [5.41, 5.74) is 2.62. The van der Waals surface area contributed by atoms with Gasteiger partial charge in [-0.1, -0.05) is 0 Å². The van der Waals surface area contributed by atoms with Gasteiger partial charge in [-0.25, -0.2) is 0 Å². The van der Waals surface area contributed by atoms with E-state index in [-0.39, 0.29) is 0 Å². The first-order chi connectivity index (χ1) is 11.8. The van der Waals surface area contributed by atoms with Crippen molar-refractivity contribution in [3.63, 3.8) is 0 Å². The maximum absolute atomic E-state index is 6.31. The molecule has 0 amide bonds. The van der Waals surface area contributed by atoms with E-state index in [0.717, 1.165) is 38.5 Å². The number of rotatable bonds is 7. The van der Waals surface area contributed by atoms with E-state index in [0.29, 0.717) is 12.1 Å². The second-order valence-corrected chi connectivity index (χ2v) is 7.22. The van der Waals surface area contributed by atoms with Crippen molar-refractivity contribution in [2.45, 2.75) is 44.4 Å². The van der Waals surface area contributed by atoms with Gasteiger partial charge in [-0.15, -0.1) is 0 Å². The van der Waals surface area contributed by atoms with Crippen LogP contribution >= 0.6 is 0 Å². The molecule has 5 nitrogen and oxygen atoms in total. The summed E-state index contributed by atoms with van der Waals surface area (Å²) in [7, 11) is 1.98. The number of pyridine rings is 1. The van der Waals surface area contributed by atoms with Crippen LogP contribution in [0.25, 0.3) is 0 Å². The van der Waals surface area contributed by atoms with Crippen LogP contribution in [-0.4, -0.2) is 45.0 Å². The Morgan fingerprint density at radius 3 is 2.71 bits per heavy atom. The minimum absolute atomic E-state index is 0.343. The Bertz CT molecular complexity index is 652. The number of ether oxygens (including phenoxy) is 1. The molecular formula is C19H26N4O. The second kappa shape index (κ2) is 7.03. The first-order valence-electron chi connectivity index (χ1n) is 9.00. The topological polar surface area (TPSA) is 43.2 Å². The van der Waals surface area contributed by atoms with Gasteiger partial charge in [0.25, 0.3) is 0 Å². The number of aromatic nitrogens is 3. The van der Waals surface area contributed by atoms with Crippen LogP contribution in [-0.2, 0) is 24.8 Å². The van der Waals surface area contributed by atoms with Crippen molar-refractivity contribution in [3.05, 3.63) is 48.0 Å². The monoisotopic (exact) mass is 326 g/mol. The standard InChI is InChI=1S/C19H26N4O/c1-22-12-17(11-21-22)13-23-9-6-19(24-14-16-2-3-16)18(23)10-15-4-7-20-8-5-15/h4-5,7-8,11-12,16,18-19H,2-3,6,9-10,13-14H2,1H3/t18-,19-/m0/s1. The van der Waals surface area contributed by atoms with Crippen LogP contribution in [0, 0.1) is 5.92 Å². The summed E-state index contributed by atoms with van der Waals surface area (Å²) in [5, 5.41) is 4.31. The summed E-state index contributed by atoms with van der Waals surface area (Å²) in [6, 6.07) is 4.68. The summed E-state index contributed by atoms with van der Waals surface area (Å²) < 4.78 is 8.19. The summed E-state index contributed by atoms with van der Waals surface area (Å²) in [4.78, 5) is 6.70. The SMILES string of the molecule is Cn1cc(CN2CC[C@H](OCC3CC3)[C@@H]2Cc2ccncc2)cn1. The van der Waals surface area contributed by atoms with Crippen molar-refractivity contribution in [3.8, 4) is 0 Å². The van der Waals surface area contributed by atoms with Gasteiger partial charge in [0, 0.05) is 56.9 Å². The maximum Gasteiger partial charge on any atom is 0.0745 e. The van der Waals surface area contributed by atoms with Crippen molar-refractivity contribution < 1.29 is 4.74 Å². The fourth-order valence-corrected chi connectivity index (χ4v) is 3.63. The van der Waals surface area contributed by atoms with Crippen molar-refractivity contribution in [1.29, 1.82) is 0 Å². The Labute approximate surface area is 143 Å². The highest BCUT2D eigenvalue weighted by Crippen LogP contribution is 2.32. The molecule has 0 bridgehead atoms. The molecule has 24 heavy (non-hydrogen) atoms. The largest absolute Gasteiger partial charge is 0.376 e. The van der Waals surface area contributed by atoms with Gasteiger partial charge in [0.15, 0.2) is 0 Å². The lowest BCUT2D eigenvalue weighted by molar-refractivity contribution is 0.0196. The molecule has 0 unspecified atom stereocenters. The van der Waals surface area contributed by atoms with E-state index in [1.807, 2.05) is 30.3 Å². The van der Waals surface area contributed by atoms with Crippen molar-refractivity contribution in [2.75, 3.05) is 13.2 Å². The van der Waals surface area contributed by atoms with Crippen molar-refractivity contribution in [1.82, 2.24) is 19.7 Å². The molecule has 1 saturated heterocycles. The lowest BCUT2D eigenvalue weighted by Crippen LogP contribution is -2.38. The third-order valence-electron chi connectivity index (χ3n) is 5.18. The number of hydrogen-bond donors (Lipinski definition) is 0. The van der Waals surface area contributed by atoms with Gasteiger partial charge in [0.1, 0.15) is 0 Å². The molecule has 3 heterocycles. The Balaban J connectivity index is 1.46. The van der Waals surface area contributed by atoms with E-state index >= 15 is 0 Å². The van der Waals surface area contributed by atoms with Gasteiger partial charge in [0.2, 0.25) is 0 Å². The lowest BCUT2D eigenvalue weighted by atomic mass is 10.0. The first-order valence-corrected chi connectivity index (χ1v) is 9.00. The van der Waals surface area contributed by atoms with E-state index < -0.39 is 0 Å². The van der Waals surface area contributed by atoms with Crippen molar-refractivity contribution >= 4 is 0 Å². The molecule has 0 aromatic carbocycles. The van der Waals surface area contributed by atoms with E-state index in [9.17, 15) is 0 Å². The van der Waals surface area contributed by atoms with Crippen LogP contribution in [0.2, 0.25) is 0 Å². The van der Waals surface area contributed by atoms with E-state index in [1.165, 1.54) is 24.0 Å². The summed E-state index contributed by atoms with van der Waals surface area (Å²) >= 11 is 0. The highest BCUT2D eigenvalue weighted by Gasteiger charge is 2.36. The minimum Gasteiger partial charge on any atom is -0.376 e. The summed E-state index contributed by atoms with van der Waals surface area (Å²) in [6.45, 7) is 2.99. The van der Waals surface area contributed by atoms with Gasteiger partial charge in [-0.05, 0) is 49.3 Å². The molecule has 0 N–H and O–H groups in total. The fourth-order valence-electron chi connectivity index (χ4n) is 3.63. The van der Waals surface area contributed by atoms with Crippen LogP contribution in [0.15, 0.2) is 36.9 Å². The average molecular weight is 326 g/mol. The zero-order valence-corrected chi connectivity index (χ0v) is 14.3. The van der Waals surface area contributed by atoms with E-state index in [1.54, 1.807) is 0 Å². The lowest BCUT2D eigenvalue weighted by Gasteiger charge is -2.28. The molecule has 128 valence electrons. The Morgan fingerprint density at radius 2 is 2.00 bits per heavy atom. The van der Waals surface area contributed by atoms with Gasteiger partial charge < -0.3 is 4.74 Å². The van der Waals surface area contributed by atoms with Gasteiger partial charge in [0.05, 0.1) is 12.3 Å². The molecule has 0 spiro atoms. The molecule has 2 atom stereocenters. The predicted molar refractivity (Wildman–Crippen MR) is 92.4 cm³/mol. The summed E-state index contributed by atoms with van der Waals surface area (Å²) in [6.07, 6.45) is 13.0. The smallest absolute Gasteiger partial charge is 0.0745 e. The van der Waals surface area contributed by atoms with Crippen LogP contribution in [0.1, 0.15) is 30.4 Å². The molecule has 2 aromatic rings. The maximum atomic E-state index is 6.31. The molecule has 0 radical (unpaired) electrons. The molecule has 1 aliphatic carbocycles. The predicted octanol–water partition coefficient (Wildman–Crippen LogP) is 2.43. The normalized spacial score (nSPS) is 24.5. The Morgan fingerprint density at radius 1 is 1.17 bits per heavy atom. The summed E-state index contributed by atoms with van der Waals surface area (Å²) in [5.74, 6) is 0.818.